The molecule has 0 unspecified atom stereocenters. The van der Waals surface area contributed by atoms with Gasteiger partial charge in [-0.25, -0.2) is 0 Å². The number of alkyl halides is 3. The quantitative estimate of drug-likeness (QED) is 0.759. The first-order chi connectivity index (χ1) is 12.3. The number of hydrogen-bond donors (Lipinski definition) is 1. The average Bonchev–Trinajstić information content (AvgIpc) is 2.61. The third kappa shape index (κ3) is 3.42. The summed E-state index contributed by atoms with van der Waals surface area (Å²) in [4.78, 5) is 12.4. The van der Waals surface area contributed by atoms with Gasteiger partial charge in [0, 0.05) is 18.3 Å². The van der Waals surface area contributed by atoms with Crippen LogP contribution in [0.15, 0.2) is 65.6 Å². The molecule has 0 radical (unpaired) electrons. The molecule has 1 heterocycles. The molecule has 1 aromatic heterocycles. The van der Waals surface area contributed by atoms with E-state index in [-0.39, 0.29) is 17.1 Å². The maximum Gasteiger partial charge on any atom is 0.416 e. The third-order valence-corrected chi connectivity index (χ3v) is 3.91. The standard InChI is InChI=1S/C19H14F3NO3/c1-26-17-11-15(6-7-16(17)24)23-9-8-13(10-18(23)25)12-2-4-14(5-3-12)19(20,21)22/h2-11,24H,1H3. The molecule has 0 aliphatic heterocycles. The van der Waals surface area contributed by atoms with Gasteiger partial charge < -0.3 is 9.84 Å². The van der Waals surface area contributed by atoms with Gasteiger partial charge in [-0.15, -0.1) is 0 Å². The molecule has 0 spiro atoms. The van der Waals surface area contributed by atoms with E-state index in [1.165, 1.54) is 48.2 Å². The molecule has 3 rings (SSSR count). The Morgan fingerprint density at radius 3 is 2.23 bits per heavy atom. The van der Waals surface area contributed by atoms with Crippen molar-refractivity contribution < 1.29 is 23.0 Å². The van der Waals surface area contributed by atoms with E-state index in [2.05, 4.69) is 0 Å². The molecule has 0 saturated heterocycles. The highest BCUT2D eigenvalue weighted by molar-refractivity contribution is 5.63. The number of pyridine rings is 1. The molecular formula is C19H14F3NO3. The molecule has 3 aromatic rings. The molecule has 0 saturated carbocycles. The zero-order valence-corrected chi connectivity index (χ0v) is 13.6. The second kappa shape index (κ2) is 6.59. The lowest BCUT2D eigenvalue weighted by atomic mass is 10.0. The van der Waals surface area contributed by atoms with Crippen LogP contribution in [-0.4, -0.2) is 16.8 Å². The van der Waals surface area contributed by atoms with Crippen molar-refractivity contribution in [2.24, 2.45) is 0 Å². The molecule has 0 aliphatic carbocycles. The smallest absolute Gasteiger partial charge is 0.416 e. The van der Waals surface area contributed by atoms with Gasteiger partial charge in [-0.2, -0.15) is 13.2 Å². The molecule has 2 aromatic carbocycles. The van der Waals surface area contributed by atoms with E-state index in [4.69, 9.17) is 4.74 Å². The van der Waals surface area contributed by atoms with Gasteiger partial charge in [-0.05, 0) is 41.5 Å². The zero-order valence-electron chi connectivity index (χ0n) is 13.6. The van der Waals surface area contributed by atoms with E-state index in [1.807, 2.05) is 0 Å². The van der Waals surface area contributed by atoms with Crippen LogP contribution in [0.1, 0.15) is 5.56 Å². The Bertz CT molecular complexity index is 992. The Hall–Kier alpha value is -3.22. The summed E-state index contributed by atoms with van der Waals surface area (Å²) in [6, 6.07) is 12.0. The van der Waals surface area contributed by atoms with E-state index in [0.717, 1.165) is 12.1 Å². The van der Waals surface area contributed by atoms with Gasteiger partial charge in [0.25, 0.3) is 5.56 Å². The van der Waals surface area contributed by atoms with Crippen LogP contribution in [0.2, 0.25) is 0 Å². The largest absolute Gasteiger partial charge is 0.504 e. The van der Waals surface area contributed by atoms with Crippen LogP contribution in [-0.2, 0) is 6.18 Å². The van der Waals surface area contributed by atoms with E-state index in [1.54, 1.807) is 12.1 Å². The fraction of sp³-hybridized carbons (Fsp3) is 0.105. The first-order valence-electron chi connectivity index (χ1n) is 7.57. The predicted molar refractivity (Wildman–Crippen MR) is 90.7 cm³/mol. The summed E-state index contributed by atoms with van der Waals surface area (Å²) >= 11 is 0. The number of benzene rings is 2. The lowest BCUT2D eigenvalue weighted by Gasteiger charge is -2.11. The SMILES string of the molecule is COc1cc(-n2ccc(-c3ccc(C(F)(F)F)cc3)cc2=O)ccc1O. The van der Waals surface area contributed by atoms with Crippen molar-refractivity contribution in [3.63, 3.8) is 0 Å². The van der Waals surface area contributed by atoms with Crippen LogP contribution in [0.5, 0.6) is 11.5 Å². The molecule has 26 heavy (non-hydrogen) atoms. The summed E-state index contributed by atoms with van der Waals surface area (Å²) in [6.07, 6.45) is -2.89. The first kappa shape index (κ1) is 17.6. The van der Waals surface area contributed by atoms with Crippen LogP contribution in [0.4, 0.5) is 13.2 Å². The highest BCUT2D eigenvalue weighted by Gasteiger charge is 2.29. The number of halogens is 3. The van der Waals surface area contributed by atoms with Crippen LogP contribution in [0.25, 0.3) is 16.8 Å². The van der Waals surface area contributed by atoms with Gasteiger partial charge in [0.05, 0.1) is 18.4 Å². The molecule has 0 fully saturated rings. The van der Waals surface area contributed by atoms with Crippen LogP contribution in [0, 0.1) is 0 Å². The van der Waals surface area contributed by atoms with Crippen LogP contribution in [0.3, 0.4) is 0 Å². The Morgan fingerprint density at radius 2 is 1.65 bits per heavy atom. The van der Waals surface area contributed by atoms with Gasteiger partial charge in [0.15, 0.2) is 11.5 Å². The fourth-order valence-electron chi connectivity index (χ4n) is 2.54. The van der Waals surface area contributed by atoms with Crippen molar-refractivity contribution in [2.75, 3.05) is 7.11 Å². The van der Waals surface area contributed by atoms with Gasteiger partial charge in [0.2, 0.25) is 0 Å². The van der Waals surface area contributed by atoms with Crippen molar-refractivity contribution in [3.8, 4) is 28.3 Å². The molecule has 7 heteroatoms. The van der Waals surface area contributed by atoms with Gasteiger partial charge in [0.1, 0.15) is 0 Å². The molecule has 0 bridgehead atoms. The lowest BCUT2D eigenvalue weighted by molar-refractivity contribution is -0.137. The Balaban J connectivity index is 1.97. The fourth-order valence-corrected chi connectivity index (χ4v) is 2.54. The van der Waals surface area contributed by atoms with Gasteiger partial charge in [-0.1, -0.05) is 12.1 Å². The summed E-state index contributed by atoms with van der Waals surface area (Å²) in [7, 11) is 1.40. The molecule has 0 amide bonds. The lowest BCUT2D eigenvalue weighted by Crippen LogP contribution is -2.16. The minimum Gasteiger partial charge on any atom is -0.504 e. The van der Waals surface area contributed by atoms with Crippen molar-refractivity contribution in [3.05, 3.63) is 76.7 Å². The number of hydrogen-bond acceptors (Lipinski definition) is 3. The van der Waals surface area contributed by atoms with E-state index in [0.29, 0.717) is 16.8 Å². The van der Waals surface area contributed by atoms with Crippen LogP contribution < -0.4 is 10.3 Å². The second-order valence-electron chi connectivity index (χ2n) is 5.55. The van der Waals surface area contributed by atoms with Crippen molar-refractivity contribution in [1.82, 2.24) is 4.57 Å². The first-order valence-corrected chi connectivity index (χ1v) is 7.57. The minimum atomic E-state index is -4.40. The number of rotatable bonds is 3. The molecular weight excluding hydrogens is 347 g/mol. The third-order valence-electron chi connectivity index (χ3n) is 3.91. The molecule has 134 valence electrons. The van der Waals surface area contributed by atoms with Crippen molar-refractivity contribution in [1.29, 1.82) is 0 Å². The van der Waals surface area contributed by atoms with E-state index >= 15 is 0 Å². The zero-order chi connectivity index (χ0) is 18.9. The summed E-state index contributed by atoms with van der Waals surface area (Å²) in [5.41, 5.74) is 0.390. The van der Waals surface area contributed by atoms with Crippen LogP contribution >= 0.6 is 0 Å². The average molecular weight is 361 g/mol. The maximum atomic E-state index is 12.6. The van der Waals surface area contributed by atoms with Gasteiger partial charge in [-0.3, -0.25) is 9.36 Å². The number of aromatic hydroxyl groups is 1. The monoisotopic (exact) mass is 361 g/mol. The predicted octanol–water partition coefficient (Wildman–Crippen LogP) is 4.24. The number of phenolic OH excluding ortho intramolecular Hbond substituents is 1. The molecule has 1 N–H and O–H groups in total. The summed E-state index contributed by atoms with van der Waals surface area (Å²) in [6.45, 7) is 0. The van der Waals surface area contributed by atoms with Gasteiger partial charge >= 0.3 is 6.18 Å². The Morgan fingerprint density at radius 1 is 0.962 bits per heavy atom. The highest BCUT2D eigenvalue weighted by atomic mass is 19.4. The number of ether oxygens (including phenoxy) is 1. The number of nitrogens with zero attached hydrogens (tertiary/aromatic N) is 1. The maximum absolute atomic E-state index is 12.6. The minimum absolute atomic E-state index is 0.0503. The number of methoxy groups -OCH3 is 1. The van der Waals surface area contributed by atoms with E-state index in [9.17, 15) is 23.1 Å². The summed E-state index contributed by atoms with van der Waals surface area (Å²) < 4.78 is 44.3. The van der Waals surface area contributed by atoms with Crippen molar-refractivity contribution >= 4 is 0 Å². The summed E-state index contributed by atoms with van der Waals surface area (Å²) in [5, 5.41) is 9.63. The summed E-state index contributed by atoms with van der Waals surface area (Å²) in [5.74, 6) is 0.173. The second-order valence-corrected chi connectivity index (χ2v) is 5.55. The molecule has 0 atom stereocenters. The number of aromatic nitrogens is 1. The highest BCUT2D eigenvalue weighted by Crippen LogP contribution is 2.31. The molecule has 0 aliphatic rings. The number of phenols is 1. The molecule has 4 nitrogen and oxygen atoms in total. The topological polar surface area (TPSA) is 51.5 Å². The Labute approximate surface area is 146 Å². The Kier molecular flexibility index (Phi) is 4.46. The van der Waals surface area contributed by atoms with E-state index < -0.39 is 11.7 Å². The van der Waals surface area contributed by atoms with Crippen molar-refractivity contribution in [2.45, 2.75) is 6.18 Å². The normalized spacial score (nSPS) is 11.4.